The van der Waals surface area contributed by atoms with E-state index in [1.165, 1.54) is 7.11 Å². The highest BCUT2D eigenvalue weighted by atomic mass is 16.6. The van der Waals surface area contributed by atoms with Crippen LogP contribution in [-0.2, 0) is 4.74 Å². The molecule has 0 heterocycles. The van der Waals surface area contributed by atoms with Crippen molar-refractivity contribution in [2.45, 2.75) is 6.92 Å². The lowest BCUT2D eigenvalue weighted by Crippen LogP contribution is -2.26. The molecule has 0 fully saturated rings. The Kier molecular flexibility index (Phi) is 2.95. The summed E-state index contributed by atoms with van der Waals surface area (Å²) < 4.78 is 4.14. The van der Waals surface area contributed by atoms with Crippen molar-refractivity contribution in [3.63, 3.8) is 0 Å². The van der Waals surface area contributed by atoms with Gasteiger partial charge in [-0.3, -0.25) is 5.21 Å². The number of hydrogen-bond acceptors (Lipinski definition) is 3. The van der Waals surface area contributed by atoms with Gasteiger partial charge in [0.25, 0.3) is 0 Å². The zero-order valence-electron chi connectivity index (χ0n) is 4.92. The van der Waals surface area contributed by atoms with Crippen molar-refractivity contribution in [3.05, 3.63) is 0 Å². The fourth-order valence-electron chi connectivity index (χ4n) is 0.234. The van der Waals surface area contributed by atoms with Gasteiger partial charge in [0.05, 0.1) is 7.11 Å². The van der Waals surface area contributed by atoms with E-state index < -0.39 is 6.09 Å². The van der Waals surface area contributed by atoms with Crippen LogP contribution in [-0.4, -0.2) is 30.0 Å². The molecule has 0 rings (SSSR count). The van der Waals surface area contributed by atoms with E-state index in [0.717, 1.165) is 0 Å². The van der Waals surface area contributed by atoms with Crippen LogP contribution >= 0.6 is 0 Å². The van der Waals surface area contributed by atoms with Gasteiger partial charge in [-0.25, -0.2) is 4.79 Å². The number of hydroxylamine groups is 2. The van der Waals surface area contributed by atoms with Crippen molar-refractivity contribution >= 4 is 6.09 Å². The molecule has 48 valence electrons. The van der Waals surface area contributed by atoms with E-state index in [1.54, 1.807) is 6.92 Å². The maximum atomic E-state index is 10.2. The smallest absolute Gasteiger partial charge is 0.433 e. The van der Waals surface area contributed by atoms with Crippen molar-refractivity contribution in [1.29, 1.82) is 0 Å². The zero-order chi connectivity index (χ0) is 6.57. The van der Waals surface area contributed by atoms with E-state index in [2.05, 4.69) is 4.74 Å². The summed E-state index contributed by atoms with van der Waals surface area (Å²) in [6.45, 7) is 1.88. The molecule has 0 aliphatic carbocycles. The molecule has 8 heavy (non-hydrogen) atoms. The highest BCUT2D eigenvalue weighted by molar-refractivity contribution is 5.65. The summed E-state index contributed by atoms with van der Waals surface area (Å²) in [6, 6.07) is 0. The van der Waals surface area contributed by atoms with Crippen LogP contribution in [0.15, 0.2) is 0 Å². The lowest BCUT2D eigenvalue weighted by molar-refractivity contribution is -0.0649. The summed E-state index contributed by atoms with van der Waals surface area (Å²) in [5.74, 6) is 0. The molecule has 4 nitrogen and oxygen atoms in total. The molecule has 0 unspecified atom stereocenters. The van der Waals surface area contributed by atoms with Crippen molar-refractivity contribution in [2.24, 2.45) is 0 Å². The van der Waals surface area contributed by atoms with E-state index >= 15 is 0 Å². The molecule has 4 heteroatoms. The number of ether oxygens (including phenoxy) is 1. The Morgan fingerprint density at radius 2 is 2.38 bits per heavy atom. The molecule has 1 N–H and O–H groups in total. The lowest BCUT2D eigenvalue weighted by Gasteiger charge is -2.08. The van der Waals surface area contributed by atoms with E-state index in [4.69, 9.17) is 5.21 Å². The highest BCUT2D eigenvalue weighted by Gasteiger charge is 2.04. The van der Waals surface area contributed by atoms with Crippen molar-refractivity contribution in [2.75, 3.05) is 13.7 Å². The molecular weight excluding hydrogens is 110 g/mol. The molecule has 0 atom stereocenters. The molecule has 0 aromatic rings. The summed E-state index contributed by atoms with van der Waals surface area (Å²) >= 11 is 0. The number of carbonyl (C=O) groups is 1. The zero-order valence-corrected chi connectivity index (χ0v) is 4.92. The average molecular weight is 119 g/mol. The van der Waals surface area contributed by atoms with E-state index in [1.807, 2.05) is 0 Å². The molecule has 0 aromatic heterocycles. The van der Waals surface area contributed by atoms with Gasteiger partial charge in [0.1, 0.15) is 0 Å². The predicted octanol–water partition coefficient (Wildman–Crippen LogP) is 0.464. The summed E-state index contributed by atoms with van der Waals surface area (Å²) in [6.07, 6.45) is -0.729. The molecule has 0 radical (unpaired) electrons. The molecule has 0 bridgehead atoms. The minimum absolute atomic E-state index is 0.243. The Labute approximate surface area is 47.6 Å². The molecule has 0 aromatic carbocycles. The Morgan fingerprint density at radius 3 is 2.50 bits per heavy atom. The third kappa shape index (κ3) is 1.79. The fourth-order valence-corrected chi connectivity index (χ4v) is 0.234. The Hall–Kier alpha value is -0.770. The monoisotopic (exact) mass is 119 g/mol. The summed E-state index contributed by atoms with van der Waals surface area (Å²) in [4.78, 5) is 10.2. The molecule has 0 saturated carbocycles. The maximum absolute atomic E-state index is 10.2. The van der Waals surface area contributed by atoms with Gasteiger partial charge in [-0.2, -0.15) is 5.06 Å². The maximum Gasteiger partial charge on any atom is 0.433 e. The number of methoxy groups -OCH3 is 1. The van der Waals surface area contributed by atoms with Gasteiger partial charge in [0.2, 0.25) is 0 Å². The van der Waals surface area contributed by atoms with Crippen LogP contribution in [0.3, 0.4) is 0 Å². The third-order valence-electron chi connectivity index (χ3n) is 0.685. The van der Waals surface area contributed by atoms with Crippen LogP contribution in [0.5, 0.6) is 0 Å². The van der Waals surface area contributed by atoms with Gasteiger partial charge in [-0.15, -0.1) is 0 Å². The number of rotatable bonds is 1. The number of hydrogen-bond donors (Lipinski definition) is 1. The van der Waals surface area contributed by atoms with Crippen molar-refractivity contribution in [1.82, 2.24) is 5.06 Å². The largest absolute Gasteiger partial charge is 0.451 e. The van der Waals surface area contributed by atoms with Gasteiger partial charge in [0.15, 0.2) is 0 Å². The number of carbonyl (C=O) groups excluding carboxylic acids is 1. The van der Waals surface area contributed by atoms with Crippen LogP contribution in [0.4, 0.5) is 4.79 Å². The predicted molar refractivity (Wildman–Crippen MR) is 26.6 cm³/mol. The SMILES string of the molecule is CCN(O)C(=O)OC. The van der Waals surface area contributed by atoms with E-state index in [9.17, 15) is 4.79 Å². The van der Waals surface area contributed by atoms with Crippen LogP contribution in [0.2, 0.25) is 0 Å². The summed E-state index contributed by atoms with van der Waals surface area (Å²) in [5, 5.41) is 8.97. The normalized spacial score (nSPS) is 8.38. The Balaban J connectivity index is 3.46. The van der Waals surface area contributed by atoms with Gasteiger partial charge in [-0.1, -0.05) is 0 Å². The second-order valence-corrected chi connectivity index (χ2v) is 1.19. The first kappa shape index (κ1) is 7.23. The van der Waals surface area contributed by atoms with Crippen LogP contribution < -0.4 is 0 Å². The van der Waals surface area contributed by atoms with Gasteiger partial charge in [0, 0.05) is 6.54 Å². The van der Waals surface area contributed by atoms with Crippen molar-refractivity contribution in [3.8, 4) is 0 Å². The first-order valence-corrected chi connectivity index (χ1v) is 2.26. The van der Waals surface area contributed by atoms with E-state index in [0.29, 0.717) is 5.06 Å². The van der Waals surface area contributed by atoms with Crippen LogP contribution in [0, 0.1) is 0 Å². The molecule has 0 spiro atoms. The first-order chi connectivity index (χ1) is 3.72. The number of amides is 1. The van der Waals surface area contributed by atoms with Crippen LogP contribution in [0.25, 0.3) is 0 Å². The van der Waals surface area contributed by atoms with Crippen molar-refractivity contribution < 1.29 is 14.7 Å². The van der Waals surface area contributed by atoms with Gasteiger partial charge in [-0.05, 0) is 6.92 Å². The van der Waals surface area contributed by atoms with Crippen LogP contribution in [0.1, 0.15) is 6.92 Å². The molecule has 1 amide bonds. The molecular formula is C4H9NO3. The first-order valence-electron chi connectivity index (χ1n) is 2.26. The highest BCUT2D eigenvalue weighted by Crippen LogP contribution is 1.83. The standard InChI is InChI=1S/C4H9NO3/c1-3-5(7)4(6)8-2/h7H,3H2,1-2H3. The molecule has 0 saturated heterocycles. The minimum Gasteiger partial charge on any atom is -0.451 e. The Morgan fingerprint density at radius 1 is 1.88 bits per heavy atom. The van der Waals surface area contributed by atoms with Gasteiger partial charge >= 0.3 is 6.09 Å². The average Bonchev–Trinajstić information content (AvgIpc) is 1.84. The third-order valence-corrected chi connectivity index (χ3v) is 0.685. The summed E-state index contributed by atoms with van der Waals surface area (Å²) in [5.41, 5.74) is 0. The fraction of sp³-hybridized carbons (Fsp3) is 0.750. The molecule has 0 aliphatic rings. The second kappa shape index (κ2) is 3.26. The Bertz CT molecular complexity index is 83.4. The van der Waals surface area contributed by atoms with E-state index in [-0.39, 0.29) is 6.54 Å². The number of nitrogens with zero attached hydrogens (tertiary/aromatic N) is 1. The quantitative estimate of drug-likeness (QED) is 0.403. The summed E-state index contributed by atoms with van der Waals surface area (Å²) in [7, 11) is 1.21. The minimum atomic E-state index is -0.729. The molecule has 0 aliphatic heterocycles. The van der Waals surface area contributed by atoms with Gasteiger partial charge < -0.3 is 4.74 Å². The lowest BCUT2D eigenvalue weighted by atomic mass is 10.7. The second-order valence-electron chi connectivity index (χ2n) is 1.19. The topological polar surface area (TPSA) is 49.8 Å².